The largest absolute Gasteiger partial charge is 0.396 e. The van der Waals surface area contributed by atoms with E-state index in [1.807, 2.05) is 6.92 Å². The van der Waals surface area contributed by atoms with E-state index in [2.05, 4.69) is 10.7 Å². The molecule has 1 rings (SSSR count). The number of nitrogen functional groups attached to an aromatic ring is 1. The number of nitro groups is 1. The van der Waals surface area contributed by atoms with Crippen LogP contribution in [0, 0.1) is 16.0 Å². The summed E-state index contributed by atoms with van der Waals surface area (Å²) in [5, 5.41) is 22.8. The zero-order valence-electron chi connectivity index (χ0n) is 10.9. The van der Waals surface area contributed by atoms with Gasteiger partial charge in [-0.2, -0.15) is 0 Å². The average molecular weight is 268 g/mol. The van der Waals surface area contributed by atoms with Crippen molar-refractivity contribution in [2.45, 2.75) is 19.8 Å². The Hall–Kier alpha value is -1.86. The van der Waals surface area contributed by atoms with E-state index in [0.717, 1.165) is 12.8 Å². The number of aliphatic hydroxyl groups excluding tert-OH is 1. The Kier molecular flexibility index (Phi) is 6.04. The molecule has 0 amide bonds. The predicted molar refractivity (Wildman–Crippen MR) is 74.9 cm³/mol. The third-order valence-corrected chi connectivity index (χ3v) is 2.81. The third-order valence-electron chi connectivity index (χ3n) is 2.81. The van der Waals surface area contributed by atoms with E-state index in [4.69, 9.17) is 10.9 Å². The van der Waals surface area contributed by atoms with Crippen molar-refractivity contribution >= 4 is 17.1 Å². The van der Waals surface area contributed by atoms with Crippen LogP contribution in [0.1, 0.15) is 19.8 Å². The second-order valence-corrected chi connectivity index (χ2v) is 4.53. The number of hydrazine groups is 1. The number of nitrogens with one attached hydrogen (secondary N) is 2. The lowest BCUT2D eigenvalue weighted by atomic mass is 10.1. The van der Waals surface area contributed by atoms with Crippen LogP contribution >= 0.6 is 0 Å². The van der Waals surface area contributed by atoms with Crippen molar-refractivity contribution in [2.24, 2.45) is 11.8 Å². The molecule has 7 heteroatoms. The molecule has 5 N–H and O–H groups in total. The van der Waals surface area contributed by atoms with E-state index < -0.39 is 4.92 Å². The predicted octanol–water partition coefficient (Wildman–Crippen LogP) is 1.70. The van der Waals surface area contributed by atoms with Crippen LogP contribution in [0.25, 0.3) is 0 Å². The van der Waals surface area contributed by atoms with Crippen molar-refractivity contribution in [2.75, 3.05) is 23.9 Å². The highest BCUT2D eigenvalue weighted by Gasteiger charge is 2.09. The first kappa shape index (κ1) is 15.2. The molecule has 1 unspecified atom stereocenters. The molecule has 0 saturated carbocycles. The lowest BCUT2D eigenvalue weighted by molar-refractivity contribution is -0.384. The number of aliphatic hydroxyl groups is 1. The van der Waals surface area contributed by atoms with Gasteiger partial charge in [0.2, 0.25) is 0 Å². The molecule has 1 atom stereocenters. The summed E-state index contributed by atoms with van der Waals surface area (Å²) in [6.07, 6.45) is 1.79. The number of non-ortho nitro benzene ring substituents is 1. The summed E-state index contributed by atoms with van der Waals surface area (Å²) in [6.45, 7) is 2.84. The highest BCUT2D eigenvalue weighted by Crippen LogP contribution is 2.23. The van der Waals surface area contributed by atoms with Crippen molar-refractivity contribution in [3.05, 3.63) is 28.3 Å². The molecule has 0 bridgehead atoms. The maximum Gasteiger partial charge on any atom is 0.273 e. The zero-order chi connectivity index (χ0) is 14.3. The molecule has 7 nitrogen and oxygen atoms in total. The lowest BCUT2D eigenvalue weighted by Gasteiger charge is -2.10. The maximum atomic E-state index is 10.8. The molecule has 0 heterocycles. The number of nitrogens with zero attached hydrogens (tertiary/aromatic N) is 1. The molecule has 0 saturated heterocycles. The van der Waals surface area contributed by atoms with Crippen molar-refractivity contribution in [3.8, 4) is 0 Å². The van der Waals surface area contributed by atoms with Crippen LogP contribution in [0.3, 0.4) is 0 Å². The fourth-order valence-corrected chi connectivity index (χ4v) is 1.68. The second-order valence-electron chi connectivity index (χ2n) is 4.53. The normalized spacial score (nSPS) is 11.9. The van der Waals surface area contributed by atoms with Crippen molar-refractivity contribution in [1.29, 1.82) is 0 Å². The molecule has 0 aromatic heterocycles. The SMILES string of the molecule is CC(CO)CCCNc1cc(NN)cc([N+](=O)[O-])c1. The minimum absolute atomic E-state index is 0.0123. The molecule has 0 fully saturated rings. The smallest absolute Gasteiger partial charge is 0.273 e. The van der Waals surface area contributed by atoms with Gasteiger partial charge in [-0.25, -0.2) is 0 Å². The van der Waals surface area contributed by atoms with Crippen molar-refractivity contribution in [3.63, 3.8) is 0 Å². The Labute approximate surface area is 111 Å². The van der Waals surface area contributed by atoms with Gasteiger partial charge in [-0.1, -0.05) is 6.92 Å². The quantitative estimate of drug-likeness (QED) is 0.247. The number of nitrogens with two attached hydrogens (primary N) is 1. The van der Waals surface area contributed by atoms with Crippen LogP contribution in [0.15, 0.2) is 18.2 Å². The summed E-state index contributed by atoms with van der Waals surface area (Å²) in [5.74, 6) is 5.54. The Morgan fingerprint density at radius 2 is 2.11 bits per heavy atom. The van der Waals surface area contributed by atoms with Gasteiger partial charge in [0, 0.05) is 31.0 Å². The summed E-state index contributed by atoms with van der Waals surface area (Å²) in [5.41, 5.74) is 3.53. The van der Waals surface area contributed by atoms with Crippen molar-refractivity contribution in [1.82, 2.24) is 0 Å². The molecule has 0 aliphatic heterocycles. The minimum atomic E-state index is -0.458. The number of rotatable bonds is 8. The van der Waals surface area contributed by atoms with Crippen LogP contribution in [0.4, 0.5) is 17.1 Å². The fraction of sp³-hybridized carbons (Fsp3) is 0.500. The summed E-state index contributed by atoms with van der Waals surface area (Å²) in [7, 11) is 0. The molecular weight excluding hydrogens is 248 g/mol. The molecule has 0 aliphatic rings. The van der Waals surface area contributed by atoms with Gasteiger partial charge < -0.3 is 15.8 Å². The molecular formula is C12H20N4O3. The Morgan fingerprint density at radius 3 is 2.68 bits per heavy atom. The molecule has 1 aromatic rings. The van der Waals surface area contributed by atoms with Gasteiger partial charge in [-0.05, 0) is 24.8 Å². The molecule has 0 radical (unpaired) electrons. The third kappa shape index (κ3) is 5.11. The minimum Gasteiger partial charge on any atom is -0.396 e. The second kappa shape index (κ2) is 7.55. The monoisotopic (exact) mass is 268 g/mol. The van der Waals surface area contributed by atoms with Gasteiger partial charge in [0.1, 0.15) is 0 Å². The Bertz CT molecular complexity index is 425. The van der Waals surface area contributed by atoms with Gasteiger partial charge >= 0.3 is 0 Å². The number of anilines is 2. The van der Waals surface area contributed by atoms with Gasteiger partial charge in [0.15, 0.2) is 0 Å². The van der Waals surface area contributed by atoms with Gasteiger partial charge in [-0.3, -0.25) is 16.0 Å². The highest BCUT2D eigenvalue weighted by molar-refractivity contribution is 5.63. The number of benzene rings is 1. The molecule has 106 valence electrons. The van der Waals surface area contributed by atoms with E-state index in [0.29, 0.717) is 17.9 Å². The summed E-state index contributed by atoms with van der Waals surface area (Å²) in [6, 6.07) is 4.55. The summed E-state index contributed by atoms with van der Waals surface area (Å²) >= 11 is 0. The standard InChI is InChI=1S/C12H20N4O3/c1-9(8-17)3-2-4-14-10-5-11(15-13)7-12(6-10)16(18)19/h5-7,9,14-15,17H,2-4,8,13H2,1H3. The van der Waals surface area contributed by atoms with Gasteiger partial charge in [-0.15, -0.1) is 0 Å². The van der Waals surface area contributed by atoms with Gasteiger partial charge in [0.25, 0.3) is 5.69 Å². The summed E-state index contributed by atoms with van der Waals surface area (Å²) in [4.78, 5) is 10.3. The van der Waals surface area contributed by atoms with Crippen LogP contribution < -0.4 is 16.6 Å². The first-order chi connectivity index (χ1) is 9.06. The lowest BCUT2D eigenvalue weighted by Crippen LogP contribution is -2.09. The average Bonchev–Trinajstić information content (AvgIpc) is 2.42. The first-order valence-corrected chi connectivity index (χ1v) is 6.17. The maximum absolute atomic E-state index is 10.8. The zero-order valence-corrected chi connectivity index (χ0v) is 10.9. The number of hydrogen-bond acceptors (Lipinski definition) is 6. The Balaban J connectivity index is 2.57. The molecule has 1 aromatic carbocycles. The first-order valence-electron chi connectivity index (χ1n) is 6.17. The molecule has 19 heavy (non-hydrogen) atoms. The van der Waals surface area contributed by atoms with Crippen LogP contribution in [0.5, 0.6) is 0 Å². The molecule has 0 aliphatic carbocycles. The topological polar surface area (TPSA) is 113 Å². The van der Waals surface area contributed by atoms with Crippen LogP contribution in [0.2, 0.25) is 0 Å². The molecule has 0 spiro atoms. The number of nitro benzene ring substituents is 1. The van der Waals surface area contributed by atoms with E-state index in [9.17, 15) is 10.1 Å². The van der Waals surface area contributed by atoms with E-state index in [1.165, 1.54) is 12.1 Å². The Morgan fingerprint density at radius 1 is 1.42 bits per heavy atom. The van der Waals surface area contributed by atoms with Crippen LogP contribution in [-0.2, 0) is 0 Å². The fourth-order valence-electron chi connectivity index (χ4n) is 1.68. The van der Waals surface area contributed by atoms with E-state index in [1.54, 1.807) is 6.07 Å². The highest BCUT2D eigenvalue weighted by atomic mass is 16.6. The number of hydrogen-bond donors (Lipinski definition) is 4. The van der Waals surface area contributed by atoms with Gasteiger partial charge in [0.05, 0.1) is 10.6 Å². The van der Waals surface area contributed by atoms with E-state index in [-0.39, 0.29) is 18.2 Å². The van der Waals surface area contributed by atoms with E-state index >= 15 is 0 Å². The van der Waals surface area contributed by atoms with Crippen LogP contribution in [-0.4, -0.2) is 23.2 Å². The summed E-state index contributed by atoms with van der Waals surface area (Å²) < 4.78 is 0. The van der Waals surface area contributed by atoms with Crippen molar-refractivity contribution < 1.29 is 10.0 Å².